The second-order valence-electron chi connectivity index (χ2n) is 4.41. The van der Waals surface area contributed by atoms with Crippen molar-refractivity contribution in [2.75, 3.05) is 13.2 Å². The lowest BCUT2D eigenvalue weighted by molar-refractivity contribution is 0.0676. The highest BCUT2D eigenvalue weighted by Crippen LogP contribution is 2.23. The Kier molecular flexibility index (Phi) is 4.04. The summed E-state index contributed by atoms with van der Waals surface area (Å²) in [5, 5.41) is 9.26. The van der Waals surface area contributed by atoms with Crippen LogP contribution >= 0.6 is 22.6 Å². The van der Waals surface area contributed by atoms with E-state index in [-0.39, 0.29) is 18.6 Å². The van der Waals surface area contributed by atoms with Crippen molar-refractivity contribution < 1.29 is 9.90 Å². The number of likely N-dealkylation sites (tertiary alicyclic amines) is 1. The Labute approximate surface area is 115 Å². The van der Waals surface area contributed by atoms with Crippen molar-refractivity contribution in [1.29, 1.82) is 0 Å². The van der Waals surface area contributed by atoms with E-state index in [9.17, 15) is 9.90 Å². The van der Waals surface area contributed by atoms with Gasteiger partial charge in [0.2, 0.25) is 0 Å². The van der Waals surface area contributed by atoms with E-state index in [1.165, 1.54) is 0 Å². The van der Waals surface area contributed by atoms with Gasteiger partial charge in [0.1, 0.15) is 0 Å². The molecule has 1 amide bonds. The minimum atomic E-state index is -0.00110. The average Bonchev–Trinajstić information content (AvgIpc) is 2.80. The third-order valence-corrected chi connectivity index (χ3v) is 4.70. The molecule has 0 unspecified atom stereocenters. The van der Waals surface area contributed by atoms with Crippen molar-refractivity contribution in [2.45, 2.75) is 25.8 Å². The topological polar surface area (TPSA) is 40.5 Å². The summed E-state index contributed by atoms with van der Waals surface area (Å²) < 4.78 is 1.01. The third kappa shape index (κ3) is 2.47. The normalized spacial score (nSPS) is 19.7. The molecule has 0 bridgehead atoms. The van der Waals surface area contributed by atoms with Gasteiger partial charge >= 0.3 is 0 Å². The molecule has 0 aliphatic carbocycles. The predicted molar refractivity (Wildman–Crippen MR) is 75.0 cm³/mol. The summed E-state index contributed by atoms with van der Waals surface area (Å²) in [5.41, 5.74) is 1.88. The van der Waals surface area contributed by atoms with E-state index >= 15 is 0 Å². The molecule has 17 heavy (non-hydrogen) atoms. The van der Waals surface area contributed by atoms with Crippen molar-refractivity contribution in [1.82, 2.24) is 4.90 Å². The standard InChI is InChI=1S/C13H16INO2/c1-9-4-2-6-11(12(9)14)13(17)15-7-3-5-10(15)8-16/h2,4,6,10,16H,3,5,7-8H2,1H3/t10-/m0/s1. The maximum atomic E-state index is 12.4. The molecule has 4 heteroatoms. The largest absolute Gasteiger partial charge is 0.394 e. The van der Waals surface area contributed by atoms with Gasteiger partial charge in [0.15, 0.2) is 0 Å². The molecule has 1 saturated heterocycles. The van der Waals surface area contributed by atoms with Crippen LogP contribution in [0.1, 0.15) is 28.8 Å². The monoisotopic (exact) mass is 345 g/mol. The zero-order valence-electron chi connectivity index (χ0n) is 9.82. The second-order valence-corrected chi connectivity index (χ2v) is 5.49. The Hall–Kier alpha value is -0.620. The van der Waals surface area contributed by atoms with Crippen molar-refractivity contribution in [2.24, 2.45) is 0 Å². The molecular weight excluding hydrogens is 329 g/mol. The first-order valence-electron chi connectivity index (χ1n) is 5.82. The van der Waals surface area contributed by atoms with Crippen LogP contribution in [0, 0.1) is 10.5 Å². The molecule has 0 spiro atoms. The minimum absolute atomic E-state index is 0.00110. The highest BCUT2D eigenvalue weighted by molar-refractivity contribution is 14.1. The maximum Gasteiger partial charge on any atom is 0.255 e. The van der Waals surface area contributed by atoms with E-state index in [0.717, 1.165) is 34.1 Å². The fraction of sp³-hybridized carbons (Fsp3) is 0.462. The predicted octanol–water partition coefficient (Wildman–Crippen LogP) is 2.20. The number of nitrogens with zero attached hydrogens (tertiary/aromatic N) is 1. The molecule has 0 radical (unpaired) electrons. The quantitative estimate of drug-likeness (QED) is 0.835. The van der Waals surface area contributed by atoms with Crippen molar-refractivity contribution >= 4 is 28.5 Å². The van der Waals surface area contributed by atoms with Crippen LogP contribution < -0.4 is 0 Å². The second kappa shape index (κ2) is 5.35. The highest BCUT2D eigenvalue weighted by Gasteiger charge is 2.29. The highest BCUT2D eigenvalue weighted by atomic mass is 127. The summed E-state index contributed by atoms with van der Waals surface area (Å²) in [5.74, 6) is 0.0506. The summed E-state index contributed by atoms with van der Waals surface area (Å²) >= 11 is 2.22. The average molecular weight is 345 g/mol. The molecule has 2 rings (SSSR count). The van der Waals surface area contributed by atoms with Crippen LogP contribution in [0.25, 0.3) is 0 Å². The van der Waals surface area contributed by atoms with Crippen LogP contribution in [0.2, 0.25) is 0 Å². The maximum absolute atomic E-state index is 12.4. The van der Waals surface area contributed by atoms with Crippen LogP contribution in [0.4, 0.5) is 0 Å². The van der Waals surface area contributed by atoms with E-state index in [0.29, 0.717) is 0 Å². The third-order valence-electron chi connectivity index (χ3n) is 3.27. The zero-order chi connectivity index (χ0) is 12.4. The number of hydrogen-bond acceptors (Lipinski definition) is 2. The molecule has 1 aromatic rings. The van der Waals surface area contributed by atoms with Crippen LogP contribution in [-0.2, 0) is 0 Å². The van der Waals surface area contributed by atoms with Crippen LogP contribution in [-0.4, -0.2) is 35.1 Å². The van der Waals surface area contributed by atoms with Gasteiger partial charge in [0.25, 0.3) is 5.91 Å². The van der Waals surface area contributed by atoms with Gasteiger partial charge in [-0.2, -0.15) is 0 Å². The zero-order valence-corrected chi connectivity index (χ0v) is 12.0. The molecule has 1 atom stereocenters. The fourth-order valence-corrected chi connectivity index (χ4v) is 2.85. The number of aryl methyl sites for hydroxylation is 1. The van der Waals surface area contributed by atoms with Crippen LogP contribution in [0.5, 0.6) is 0 Å². The molecule has 0 saturated carbocycles. The number of carbonyl (C=O) groups is 1. The Morgan fingerprint density at radius 2 is 2.35 bits per heavy atom. The summed E-state index contributed by atoms with van der Waals surface area (Å²) in [7, 11) is 0. The van der Waals surface area contributed by atoms with E-state index in [1.54, 1.807) is 4.90 Å². The van der Waals surface area contributed by atoms with Crippen molar-refractivity contribution in [3.05, 3.63) is 32.9 Å². The lowest BCUT2D eigenvalue weighted by atomic mass is 10.1. The lowest BCUT2D eigenvalue weighted by Crippen LogP contribution is -2.38. The molecule has 0 aromatic heterocycles. The van der Waals surface area contributed by atoms with Crippen molar-refractivity contribution in [3.63, 3.8) is 0 Å². The molecule has 1 aliphatic heterocycles. The van der Waals surface area contributed by atoms with E-state index in [2.05, 4.69) is 22.6 Å². The van der Waals surface area contributed by atoms with E-state index < -0.39 is 0 Å². The number of carbonyl (C=O) groups excluding carboxylic acids is 1. The van der Waals surface area contributed by atoms with Gasteiger partial charge < -0.3 is 10.0 Å². The summed E-state index contributed by atoms with van der Waals surface area (Å²) in [6, 6.07) is 5.78. The van der Waals surface area contributed by atoms with Crippen LogP contribution in [0.3, 0.4) is 0 Å². The number of aliphatic hydroxyl groups is 1. The lowest BCUT2D eigenvalue weighted by Gasteiger charge is -2.23. The number of halogens is 1. The van der Waals surface area contributed by atoms with E-state index in [1.807, 2.05) is 25.1 Å². The smallest absolute Gasteiger partial charge is 0.255 e. The number of aliphatic hydroxyl groups excluding tert-OH is 1. The SMILES string of the molecule is Cc1cccc(C(=O)N2CCC[C@H]2CO)c1I. The van der Waals surface area contributed by atoms with Gasteiger partial charge in [-0.25, -0.2) is 0 Å². The van der Waals surface area contributed by atoms with Crippen LogP contribution in [0.15, 0.2) is 18.2 Å². The summed E-state index contributed by atoms with van der Waals surface area (Å²) in [6.45, 7) is 2.83. The molecule has 1 aromatic carbocycles. The first-order chi connectivity index (χ1) is 8.15. The molecule has 92 valence electrons. The van der Waals surface area contributed by atoms with Gasteiger partial charge in [-0.05, 0) is 54.0 Å². The van der Waals surface area contributed by atoms with Gasteiger partial charge in [0.05, 0.1) is 18.2 Å². The number of rotatable bonds is 2. The molecule has 1 N–H and O–H groups in total. The molecule has 1 fully saturated rings. The number of benzene rings is 1. The number of hydrogen-bond donors (Lipinski definition) is 1. The Bertz CT molecular complexity index is 433. The molecule has 3 nitrogen and oxygen atoms in total. The van der Waals surface area contributed by atoms with Gasteiger partial charge in [0, 0.05) is 10.1 Å². The molecule has 1 heterocycles. The van der Waals surface area contributed by atoms with Gasteiger partial charge in [-0.15, -0.1) is 0 Å². The summed E-state index contributed by atoms with van der Waals surface area (Å²) in [4.78, 5) is 14.2. The Morgan fingerprint density at radius 3 is 3.06 bits per heavy atom. The fourth-order valence-electron chi connectivity index (χ4n) is 2.26. The van der Waals surface area contributed by atoms with Gasteiger partial charge in [-0.3, -0.25) is 4.79 Å². The number of amides is 1. The van der Waals surface area contributed by atoms with Crippen molar-refractivity contribution in [3.8, 4) is 0 Å². The van der Waals surface area contributed by atoms with E-state index in [4.69, 9.17) is 0 Å². The Morgan fingerprint density at radius 1 is 1.59 bits per heavy atom. The minimum Gasteiger partial charge on any atom is -0.394 e. The summed E-state index contributed by atoms with van der Waals surface area (Å²) in [6.07, 6.45) is 1.89. The first kappa shape index (κ1) is 12.8. The molecular formula is C13H16INO2. The molecule has 1 aliphatic rings. The Balaban J connectivity index is 2.28. The first-order valence-corrected chi connectivity index (χ1v) is 6.90. The van der Waals surface area contributed by atoms with Gasteiger partial charge in [-0.1, -0.05) is 12.1 Å².